The standard InChI is InChI=1S/C13H12N4O/c1-9-7-11(8-14)17-13(16-9)18-12-5-3-10(15-2)4-6-12/h3-7,15H,1-2H3. The number of rotatable bonds is 3. The fourth-order valence-electron chi connectivity index (χ4n) is 1.44. The minimum absolute atomic E-state index is 0.184. The van der Waals surface area contributed by atoms with Crippen molar-refractivity contribution in [2.75, 3.05) is 12.4 Å². The molecule has 0 aliphatic heterocycles. The van der Waals surface area contributed by atoms with Crippen LogP contribution in [0.3, 0.4) is 0 Å². The van der Waals surface area contributed by atoms with Crippen molar-refractivity contribution in [3.8, 4) is 17.8 Å². The summed E-state index contributed by atoms with van der Waals surface area (Å²) in [7, 11) is 1.85. The molecule has 1 aromatic carbocycles. The fraction of sp³-hybridized carbons (Fsp3) is 0.154. The van der Waals surface area contributed by atoms with Gasteiger partial charge < -0.3 is 10.1 Å². The van der Waals surface area contributed by atoms with Crippen LogP contribution in [0.1, 0.15) is 11.4 Å². The lowest BCUT2D eigenvalue weighted by Crippen LogP contribution is -1.96. The first-order chi connectivity index (χ1) is 8.71. The minimum Gasteiger partial charge on any atom is -0.424 e. The van der Waals surface area contributed by atoms with E-state index in [1.54, 1.807) is 13.0 Å². The van der Waals surface area contributed by atoms with E-state index < -0.39 is 0 Å². The van der Waals surface area contributed by atoms with Gasteiger partial charge in [-0.3, -0.25) is 0 Å². The third-order valence-corrected chi connectivity index (χ3v) is 2.30. The van der Waals surface area contributed by atoms with Gasteiger partial charge >= 0.3 is 6.01 Å². The highest BCUT2D eigenvalue weighted by Gasteiger charge is 2.04. The third-order valence-electron chi connectivity index (χ3n) is 2.30. The zero-order valence-electron chi connectivity index (χ0n) is 10.1. The van der Waals surface area contributed by atoms with Crippen LogP contribution in [0, 0.1) is 18.3 Å². The van der Waals surface area contributed by atoms with Crippen molar-refractivity contribution in [3.63, 3.8) is 0 Å². The lowest BCUT2D eigenvalue weighted by atomic mass is 10.3. The van der Waals surface area contributed by atoms with Gasteiger partial charge in [0, 0.05) is 18.4 Å². The fourth-order valence-corrected chi connectivity index (χ4v) is 1.44. The van der Waals surface area contributed by atoms with Crippen LogP contribution in [0.25, 0.3) is 0 Å². The maximum absolute atomic E-state index is 8.82. The first-order valence-electron chi connectivity index (χ1n) is 5.42. The maximum atomic E-state index is 8.82. The molecule has 2 rings (SSSR count). The third kappa shape index (κ3) is 2.74. The molecule has 0 unspecified atom stereocenters. The van der Waals surface area contributed by atoms with Crippen LogP contribution < -0.4 is 10.1 Å². The molecule has 0 saturated heterocycles. The van der Waals surface area contributed by atoms with Crippen molar-refractivity contribution in [1.29, 1.82) is 5.26 Å². The van der Waals surface area contributed by atoms with Gasteiger partial charge in [-0.15, -0.1) is 0 Å². The summed E-state index contributed by atoms with van der Waals surface area (Å²) in [4.78, 5) is 8.10. The Morgan fingerprint density at radius 3 is 2.56 bits per heavy atom. The van der Waals surface area contributed by atoms with E-state index in [1.165, 1.54) is 0 Å². The number of benzene rings is 1. The van der Waals surface area contributed by atoms with E-state index in [1.807, 2.05) is 37.4 Å². The van der Waals surface area contributed by atoms with Crippen LogP contribution in [0.15, 0.2) is 30.3 Å². The lowest BCUT2D eigenvalue weighted by Gasteiger charge is -2.05. The molecule has 0 atom stereocenters. The smallest absolute Gasteiger partial charge is 0.323 e. The number of ether oxygens (including phenoxy) is 1. The second kappa shape index (κ2) is 5.15. The van der Waals surface area contributed by atoms with Gasteiger partial charge in [-0.05, 0) is 37.3 Å². The van der Waals surface area contributed by atoms with Crippen molar-refractivity contribution >= 4 is 5.69 Å². The highest BCUT2D eigenvalue weighted by molar-refractivity contribution is 5.46. The van der Waals surface area contributed by atoms with E-state index in [0.29, 0.717) is 17.1 Å². The zero-order valence-corrected chi connectivity index (χ0v) is 10.1. The first kappa shape index (κ1) is 11.9. The van der Waals surface area contributed by atoms with Gasteiger partial charge in [-0.2, -0.15) is 10.2 Å². The summed E-state index contributed by atoms with van der Waals surface area (Å²) in [6.07, 6.45) is 0. The Hall–Kier alpha value is -2.61. The molecule has 5 nitrogen and oxygen atoms in total. The summed E-state index contributed by atoms with van der Waals surface area (Å²) in [6.45, 7) is 1.79. The molecule has 18 heavy (non-hydrogen) atoms. The van der Waals surface area contributed by atoms with E-state index in [4.69, 9.17) is 10.00 Å². The van der Waals surface area contributed by atoms with Crippen molar-refractivity contribution < 1.29 is 4.74 Å². The number of nitrogens with one attached hydrogen (secondary N) is 1. The number of nitrogens with zero attached hydrogens (tertiary/aromatic N) is 3. The number of aromatic nitrogens is 2. The molecule has 1 N–H and O–H groups in total. The van der Waals surface area contributed by atoms with Crippen molar-refractivity contribution in [2.45, 2.75) is 6.92 Å². The van der Waals surface area contributed by atoms with Crippen molar-refractivity contribution in [2.24, 2.45) is 0 Å². The molecule has 0 spiro atoms. The number of aryl methyl sites for hydroxylation is 1. The Morgan fingerprint density at radius 2 is 1.94 bits per heavy atom. The molecular formula is C13H12N4O. The summed E-state index contributed by atoms with van der Waals surface area (Å²) in [5.74, 6) is 0.628. The predicted octanol–water partition coefficient (Wildman–Crippen LogP) is 2.49. The van der Waals surface area contributed by atoms with Crippen LogP contribution in [-0.4, -0.2) is 17.0 Å². The largest absolute Gasteiger partial charge is 0.424 e. The van der Waals surface area contributed by atoms with E-state index in [0.717, 1.165) is 5.69 Å². The molecule has 0 amide bonds. The topological polar surface area (TPSA) is 70.8 Å². The summed E-state index contributed by atoms with van der Waals surface area (Å²) >= 11 is 0. The average Bonchev–Trinajstić information content (AvgIpc) is 2.39. The Morgan fingerprint density at radius 1 is 1.22 bits per heavy atom. The highest BCUT2D eigenvalue weighted by Crippen LogP contribution is 2.20. The quantitative estimate of drug-likeness (QED) is 0.892. The molecule has 5 heteroatoms. The van der Waals surface area contributed by atoms with Crippen LogP contribution >= 0.6 is 0 Å². The molecule has 1 heterocycles. The Balaban J connectivity index is 2.22. The van der Waals surface area contributed by atoms with Crippen LogP contribution in [0.4, 0.5) is 5.69 Å². The number of hydrogen-bond acceptors (Lipinski definition) is 5. The first-order valence-corrected chi connectivity index (χ1v) is 5.42. The molecule has 0 bridgehead atoms. The second-order valence-electron chi connectivity index (χ2n) is 3.67. The highest BCUT2D eigenvalue weighted by atomic mass is 16.5. The molecule has 0 fully saturated rings. The molecule has 0 aliphatic carbocycles. The number of hydrogen-bond donors (Lipinski definition) is 1. The molecule has 0 aliphatic rings. The second-order valence-corrected chi connectivity index (χ2v) is 3.67. The SMILES string of the molecule is CNc1ccc(Oc2nc(C)cc(C#N)n2)cc1. The lowest BCUT2D eigenvalue weighted by molar-refractivity contribution is 0.440. The normalized spacial score (nSPS) is 9.61. The van der Waals surface area contributed by atoms with Gasteiger partial charge in [0.15, 0.2) is 0 Å². The van der Waals surface area contributed by atoms with Gasteiger partial charge in [-0.25, -0.2) is 4.98 Å². The zero-order chi connectivity index (χ0) is 13.0. The van der Waals surface area contributed by atoms with Crippen molar-refractivity contribution in [3.05, 3.63) is 41.7 Å². The van der Waals surface area contributed by atoms with Gasteiger partial charge in [-0.1, -0.05) is 0 Å². The average molecular weight is 240 g/mol. The molecule has 90 valence electrons. The summed E-state index contributed by atoms with van der Waals surface area (Å²) < 4.78 is 5.50. The Labute approximate surface area is 105 Å². The molecule has 1 aromatic heterocycles. The molecule has 0 saturated carbocycles. The summed E-state index contributed by atoms with van der Waals surface area (Å²) in [5, 5.41) is 11.8. The molecule has 0 radical (unpaired) electrons. The monoisotopic (exact) mass is 240 g/mol. The van der Waals surface area contributed by atoms with Crippen LogP contribution in [-0.2, 0) is 0 Å². The molecule has 2 aromatic rings. The summed E-state index contributed by atoms with van der Waals surface area (Å²) in [6, 6.07) is 11.2. The predicted molar refractivity (Wildman–Crippen MR) is 67.5 cm³/mol. The molecular weight excluding hydrogens is 228 g/mol. The number of anilines is 1. The van der Waals surface area contributed by atoms with E-state index >= 15 is 0 Å². The van der Waals surface area contributed by atoms with Gasteiger partial charge in [0.25, 0.3) is 0 Å². The Bertz CT molecular complexity index is 587. The minimum atomic E-state index is 0.184. The Kier molecular flexibility index (Phi) is 3.39. The van der Waals surface area contributed by atoms with Gasteiger partial charge in [0.2, 0.25) is 0 Å². The van der Waals surface area contributed by atoms with Crippen molar-refractivity contribution in [1.82, 2.24) is 9.97 Å². The van der Waals surface area contributed by atoms with Crippen LogP contribution in [0.5, 0.6) is 11.8 Å². The van der Waals surface area contributed by atoms with E-state index in [2.05, 4.69) is 15.3 Å². The maximum Gasteiger partial charge on any atom is 0.323 e. The van der Waals surface area contributed by atoms with Gasteiger partial charge in [0.05, 0.1) is 0 Å². The van der Waals surface area contributed by atoms with Gasteiger partial charge in [0.1, 0.15) is 17.5 Å². The summed E-state index contributed by atoms with van der Waals surface area (Å²) in [5.41, 5.74) is 1.98. The van der Waals surface area contributed by atoms with E-state index in [-0.39, 0.29) is 6.01 Å². The van der Waals surface area contributed by atoms with E-state index in [9.17, 15) is 0 Å². The van der Waals surface area contributed by atoms with Crippen LogP contribution in [0.2, 0.25) is 0 Å². The number of nitriles is 1.